The normalized spacial score (nSPS) is 16.7. The van der Waals surface area contributed by atoms with Gasteiger partial charge in [0.15, 0.2) is 5.11 Å². The highest BCUT2D eigenvalue weighted by Gasteiger charge is 2.32. The van der Waals surface area contributed by atoms with Gasteiger partial charge in [0, 0.05) is 15.7 Å². The van der Waals surface area contributed by atoms with E-state index in [9.17, 15) is 9.18 Å². The molecule has 0 spiro atoms. The summed E-state index contributed by atoms with van der Waals surface area (Å²) in [5, 5.41) is 6.19. The first-order valence-electron chi connectivity index (χ1n) is 7.90. The number of halogens is 2. The van der Waals surface area contributed by atoms with E-state index >= 15 is 0 Å². The van der Waals surface area contributed by atoms with Crippen molar-refractivity contribution in [3.8, 4) is 0 Å². The monoisotopic (exact) mass is 434 g/mol. The van der Waals surface area contributed by atoms with Gasteiger partial charge < -0.3 is 15.4 Å². The Morgan fingerprint density at radius 3 is 2.73 bits per heavy atom. The van der Waals surface area contributed by atoms with Gasteiger partial charge in [0.2, 0.25) is 0 Å². The summed E-state index contributed by atoms with van der Waals surface area (Å²) in [5.74, 6) is -0.963. The van der Waals surface area contributed by atoms with Crippen molar-refractivity contribution in [3.05, 3.63) is 81.2 Å². The van der Waals surface area contributed by atoms with E-state index in [0.717, 1.165) is 5.56 Å². The number of thiocarbonyl (C=S) groups is 1. The van der Waals surface area contributed by atoms with Crippen molar-refractivity contribution in [2.75, 3.05) is 0 Å². The Bertz CT molecular complexity index is 886. The van der Waals surface area contributed by atoms with Crippen LogP contribution >= 0.6 is 28.1 Å². The maximum absolute atomic E-state index is 14.4. The standard InChI is InChI=1S/C19H16BrFN2O2S/c1-11-16(18(24)25-10-12-5-3-2-4-6-12)17(23-19(26)22-11)14-9-13(20)7-8-15(14)21/h2-9,17H,10H2,1H3,(H2,22,23,26). The molecule has 1 aliphatic heterocycles. The molecule has 7 heteroatoms. The highest BCUT2D eigenvalue weighted by molar-refractivity contribution is 9.10. The zero-order valence-electron chi connectivity index (χ0n) is 13.9. The summed E-state index contributed by atoms with van der Waals surface area (Å²) in [7, 11) is 0. The maximum atomic E-state index is 14.4. The summed E-state index contributed by atoms with van der Waals surface area (Å²) in [6.07, 6.45) is 0. The van der Waals surface area contributed by atoms with Crippen LogP contribution in [-0.4, -0.2) is 11.1 Å². The summed E-state index contributed by atoms with van der Waals surface area (Å²) in [6, 6.07) is 13.2. The molecular weight excluding hydrogens is 419 g/mol. The van der Waals surface area contributed by atoms with Crippen molar-refractivity contribution in [1.82, 2.24) is 10.6 Å². The molecule has 1 unspecified atom stereocenters. The van der Waals surface area contributed by atoms with Gasteiger partial charge in [-0.15, -0.1) is 0 Å². The number of ether oxygens (including phenoxy) is 1. The molecule has 26 heavy (non-hydrogen) atoms. The molecule has 3 rings (SSSR count). The molecule has 0 bridgehead atoms. The summed E-state index contributed by atoms with van der Waals surface area (Å²) >= 11 is 8.51. The van der Waals surface area contributed by atoms with E-state index in [1.165, 1.54) is 6.07 Å². The van der Waals surface area contributed by atoms with Crippen LogP contribution in [0.5, 0.6) is 0 Å². The minimum absolute atomic E-state index is 0.134. The van der Waals surface area contributed by atoms with E-state index in [1.807, 2.05) is 30.3 Å². The number of esters is 1. The van der Waals surface area contributed by atoms with Crippen LogP contribution in [0.25, 0.3) is 0 Å². The van der Waals surface area contributed by atoms with Crippen molar-refractivity contribution in [2.45, 2.75) is 19.6 Å². The molecule has 1 atom stereocenters. The zero-order valence-corrected chi connectivity index (χ0v) is 16.3. The molecule has 1 heterocycles. The van der Waals surface area contributed by atoms with Gasteiger partial charge in [-0.1, -0.05) is 46.3 Å². The lowest BCUT2D eigenvalue weighted by Crippen LogP contribution is -2.45. The minimum atomic E-state index is -0.732. The second kappa shape index (κ2) is 7.97. The number of benzene rings is 2. The highest BCUT2D eigenvalue weighted by atomic mass is 79.9. The fraction of sp³-hybridized carbons (Fsp3) is 0.158. The Morgan fingerprint density at radius 1 is 1.27 bits per heavy atom. The minimum Gasteiger partial charge on any atom is -0.457 e. The van der Waals surface area contributed by atoms with E-state index in [4.69, 9.17) is 17.0 Å². The van der Waals surface area contributed by atoms with Crippen LogP contribution in [0, 0.1) is 5.82 Å². The largest absolute Gasteiger partial charge is 0.457 e. The van der Waals surface area contributed by atoms with Crippen LogP contribution in [0.1, 0.15) is 24.1 Å². The predicted molar refractivity (Wildman–Crippen MR) is 105 cm³/mol. The summed E-state index contributed by atoms with van der Waals surface area (Å²) in [4.78, 5) is 12.7. The first-order chi connectivity index (χ1) is 12.5. The zero-order chi connectivity index (χ0) is 18.7. The highest BCUT2D eigenvalue weighted by Crippen LogP contribution is 2.31. The van der Waals surface area contributed by atoms with E-state index in [1.54, 1.807) is 19.1 Å². The van der Waals surface area contributed by atoms with Crippen LogP contribution in [0.15, 0.2) is 64.3 Å². The Labute approximate surface area is 164 Å². The first kappa shape index (κ1) is 18.5. The van der Waals surface area contributed by atoms with Crippen molar-refractivity contribution >= 4 is 39.2 Å². The maximum Gasteiger partial charge on any atom is 0.338 e. The van der Waals surface area contributed by atoms with Crippen molar-refractivity contribution in [2.24, 2.45) is 0 Å². The molecule has 0 saturated heterocycles. The summed E-state index contributed by atoms with van der Waals surface area (Å²) in [6.45, 7) is 1.85. The van der Waals surface area contributed by atoms with Gasteiger partial charge in [0.25, 0.3) is 0 Å². The molecule has 134 valence electrons. The third-order valence-corrected chi connectivity index (χ3v) is 4.68. The lowest BCUT2D eigenvalue weighted by molar-refractivity contribution is -0.140. The molecule has 2 aromatic carbocycles. The number of nitrogens with one attached hydrogen (secondary N) is 2. The lowest BCUT2D eigenvalue weighted by atomic mass is 9.95. The van der Waals surface area contributed by atoms with Crippen LogP contribution in [-0.2, 0) is 16.1 Å². The number of hydrogen-bond donors (Lipinski definition) is 2. The van der Waals surface area contributed by atoms with Gasteiger partial charge in [-0.05, 0) is 42.9 Å². The fourth-order valence-corrected chi connectivity index (χ4v) is 3.38. The van der Waals surface area contributed by atoms with Gasteiger partial charge in [0.1, 0.15) is 12.4 Å². The molecular formula is C19H16BrFN2O2S. The molecule has 0 saturated carbocycles. The predicted octanol–water partition coefficient (Wildman–Crippen LogP) is 4.12. The first-order valence-corrected chi connectivity index (χ1v) is 9.10. The van der Waals surface area contributed by atoms with Crippen LogP contribution in [0.4, 0.5) is 4.39 Å². The molecule has 0 amide bonds. The third kappa shape index (κ3) is 4.11. The van der Waals surface area contributed by atoms with E-state index in [2.05, 4.69) is 26.6 Å². The molecule has 0 radical (unpaired) electrons. The Hall–Kier alpha value is -2.25. The van der Waals surface area contributed by atoms with E-state index < -0.39 is 17.8 Å². The average molecular weight is 435 g/mol. The van der Waals surface area contributed by atoms with Gasteiger partial charge in [-0.3, -0.25) is 0 Å². The lowest BCUT2D eigenvalue weighted by Gasteiger charge is -2.30. The molecule has 2 aromatic rings. The quantitative estimate of drug-likeness (QED) is 0.559. The Kier molecular flexibility index (Phi) is 5.68. The second-order valence-corrected chi connectivity index (χ2v) is 7.12. The second-order valence-electron chi connectivity index (χ2n) is 5.80. The van der Waals surface area contributed by atoms with Gasteiger partial charge in [-0.2, -0.15) is 0 Å². The molecule has 0 fully saturated rings. The molecule has 4 nitrogen and oxygen atoms in total. The number of hydrogen-bond acceptors (Lipinski definition) is 3. The SMILES string of the molecule is CC1=C(C(=O)OCc2ccccc2)C(c2cc(Br)ccc2F)NC(=S)N1. The van der Waals surface area contributed by atoms with Crippen LogP contribution in [0.2, 0.25) is 0 Å². The number of carbonyl (C=O) groups excluding carboxylic acids is 1. The molecule has 0 aromatic heterocycles. The third-order valence-electron chi connectivity index (χ3n) is 3.97. The smallest absolute Gasteiger partial charge is 0.338 e. The van der Waals surface area contributed by atoms with E-state index in [0.29, 0.717) is 26.4 Å². The van der Waals surface area contributed by atoms with E-state index in [-0.39, 0.29) is 6.61 Å². The average Bonchev–Trinajstić information content (AvgIpc) is 2.62. The molecule has 1 aliphatic rings. The number of rotatable bonds is 4. The van der Waals surface area contributed by atoms with Crippen molar-refractivity contribution in [1.29, 1.82) is 0 Å². The van der Waals surface area contributed by atoms with Gasteiger partial charge in [0.05, 0.1) is 11.6 Å². The van der Waals surface area contributed by atoms with Crippen molar-refractivity contribution < 1.29 is 13.9 Å². The fourth-order valence-electron chi connectivity index (χ4n) is 2.73. The summed E-state index contributed by atoms with van der Waals surface area (Å²) in [5.41, 5.74) is 2.02. The van der Waals surface area contributed by atoms with Crippen LogP contribution < -0.4 is 10.6 Å². The van der Waals surface area contributed by atoms with Crippen molar-refractivity contribution in [3.63, 3.8) is 0 Å². The Balaban J connectivity index is 1.90. The Morgan fingerprint density at radius 2 is 2.00 bits per heavy atom. The van der Waals surface area contributed by atoms with Crippen LogP contribution in [0.3, 0.4) is 0 Å². The van der Waals surface area contributed by atoms with Gasteiger partial charge >= 0.3 is 5.97 Å². The van der Waals surface area contributed by atoms with Gasteiger partial charge in [-0.25, -0.2) is 9.18 Å². The molecule has 2 N–H and O–H groups in total. The summed E-state index contributed by atoms with van der Waals surface area (Å²) < 4.78 is 20.5. The topological polar surface area (TPSA) is 50.4 Å². The number of allylic oxidation sites excluding steroid dienone is 1. The number of carbonyl (C=O) groups is 1. The molecule has 0 aliphatic carbocycles.